The molecule has 0 bridgehead atoms. The topological polar surface area (TPSA) is 62.8 Å². The summed E-state index contributed by atoms with van der Waals surface area (Å²) in [5.74, 6) is -0.256. The second kappa shape index (κ2) is 8.93. The summed E-state index contributed by atoms with van der Waals surface area (Å²) >= 11 is 0. The number of carbonyl (C=O) groups is 1. The predicted molar refractivity (Wildman–Crippen MR) is 84.1 cm³/mol. The van der Waals surface area contributed by atoms with Crippen molar-refractivity contribution in [2.45, 2.75) is 18.5 Å². The summed E-state index contributed by atoms with van der Waals surface area (Å²) in [6, 6.07) is 5.98. The molecule has 6 nitrogen and oxygen atoms in total. The number of benzene rings is 1. The van der Waals surface area contributed by atoms with Gasteiger partial charge in [0, 0.05) is 33.4 Å². The molecule has 1 aliphatic rings. The molecule has 0 radical (unpaired) electrons. The Labute approximate surface area is 135 Å². The lowest BCUT2D eigenvalue weighted by Gasteiger charge is -2.24. The molecule has 1 aromatic rings. The second-order valence-electron chi connectivity index (χ2n) is 5.49. The first-order chi connectivity index (χ1) is 11.2. The van der Waals surface area contributed by atoms with Crippen molar-refractivity contribution in [2.24, 2.45) is 0 Å². The number of carbonyl (C=O) groups excluding carboxylic acids is 1. The molecule has 1 fully saturated rings. The molecule has 1 aliphatic heterocycles. The summed E-state index contributed by atoms with van der Waals surface area (Å²) in [5.41, 5.74) is 7.10. The van der Waals surface area contributed by atoms with Crippen LogP contribution in [0.4, 0.5) is 4.39 Å². The second-order valence-corrected chi connectivity index (χ2v) is 5.49. The molecular weight excluding hydrogens is 301 g/mol. The quantitative estimate of drug-likeness (QED) is 0.742. The van der Waals surface area contributed by atoms with Crippen LogP contribution in [0.1, 0.15) is 18.0 Å². The molecule has 1 aromatic carbocycles. The standard InChI is InChI=1S/C16H24FN3O3/c1-22-9-7-20(8-10-23-2)16(21)15-11-14(18-19-15)12-3-5-13(17)6-4-12/h3-6,14-15,18-19H,7-11H2,1-2H3. The summed E-state index contributed by atoms with van der Waals surface area (Å²) in [7, 11) is 3.22. The van der Waals surface area contributed by atoms with E-state index in [1.165, 1.54) is 12.1 Å². The molecule has 2 N–H and O–H groups in total. The maximum atomic E-state index is 13.0. The Morgan fingerprint density at radius 2 is 1.78 bits per heavy atom. The van der Waals surface area contributed by atoms with Gasteiger partial charge in [0.1, 0.15) is 11.9 Å². The molecule has 2 rings (SSSR count). The molecule has 2 unspecified atom stereocenters. The maximum Gasteiger partial charge on any atom is 0.241 e. The Balaban J connectivity index is 1.94. The highest BCUT2D eigenvalue weighted by molar-refractivity contribution is 5.82. The molecule has 0 aromatic heterocycles. The number of hydrogen-bond acceptors (Lipinski definition) is 5. The normalized spacial score (nSPS) is 20.7. The van der Waals surface area contributed by atoms with Crippen LogP contribution in [0.25, 0.3) is 0 Å². The van der Waals surface area contributed by atoms with Gasteiger partial charge < -0.3 is 14.4 Å². The van der Waals surface area contributed by atoms with Crippen LogP contribution in [0.15, 0.2) is 24.3 Å². The van der Waals surface area contributed by atoms with Crippen molar-refractivity contribution < 1.29 is 18.7 Å². The first-order valence-electron chi connectivity index (χ1n) is 7.69. The number of hydrazine groups is 1. The fourth-order valence-corrected chi connectivity index (χ4v) is 2.59. The molecule has 23 heavy (non-hydrogen) atoms. The summed E-state index contributed by atoms with van der Waals surface area (Å²) in [6.07, 6.45) is 0.612. The van der Waals surface area contributed by atoms with E-state index >= 15 is 0 Å². The van der Waals surface area contributed by atoms with Crippen molar-refractivity contribution in [3.8, 4) is 0 Å². The van der Waals surface area contributed by atoms with E-state index in [2.05, 4.69) is 10.9 Å². The number of rotatable bonds is 8. The van der Waals surface area contributed by atoms with E-state index in [1.807, 2.05) is 0 Å². The summed E-state index contributed by atoms with van der Waals surface area (Å²) in [6.45, 7) is 2.02. The molecule has 2 atom stereocenters. The van der Waals surface area contributed by atoms with Gasteiger partial charge >= 0.3 is 0 Å². The fourth-order valence-electron chi connectivity index (χ4n) is 2.59. The first kappa shape index (κ1) is 17.8. The van der Waals surface area contributed by atoms with Gasteiger partial charge in [0.25, 0.3) is 0 Å². The highest BCUT2D eigenvalue weighted by Crippen LogP contribution is 2.23. The van der Waals surface area contributed by atoms with Gasteiger partial charge in [-0.3, -0.25) is 4.79 Å². The Hall–Kier alpha value is -1.54. The smallest absolute Gasteiger partial charge is 0.241 e. The van der Waals surface area contributed by atoms with Crippen LogP contribution in [0.5, 0.6) is 0 Å². The molecular formula is C16H24FN3O3. The number of nitrogens with zero attached hydrogens (tertiary/aromatic N) is 1. The lowest BCUT2D eigenvalue weighted by atomic mass is 10.0. The average Bonchev–Trinajstić information content (AvgIpc) is 3.05. The third-order valence-electron chi connectivity index (χ3n) is 3.92. The van der Waals surface area contributed by atoms with Gasteiger partial charge in [-0.1, -0.05) is 12.1 Å². The molecule has 0 aliphatic carbocycles. The summed E-state index contributed by atoms with van der Waals surface area (Å²) < 4.78 is 23.1. The lowest BCUT2D eigenvalue weighted by molar-refractivity contribution is -0.134. The minimum absolute atomic E-state index is 0.0104. The van der Waals surface area contributed by atoms with Gasteiger partial charge in [-0.05, 0) is 24.1 Å². The largest absolute Gasteiger partial charge is 0.383 e. The van der Waals surface area contributed by atoms with Crippen LogP contribution >= 0.6 is 0 Å². The number of hydrogen-bond donors (Lipinski definition) is 2. The molecule has 0 saturated carbocycles. The number of methoxy groups -OCH3 is 2. The van der Waals surface area contributed by atoms with Crippen LogP contribution in [0, 0.1) is 5.82 Å². The van der Waals surface area contributed by atoms with E-state index in [0.29, 0.717) is 32.7 Å². The van der Waals surface area contributed by atoms with Crippen molar-refractivity contribution in [3.05, 3.63) is 35.6 Å². The van der Waals surface area contributed by atoms with E-state index in [9.17, 15) is 9.18 Å². The summed E-state index contributed by atoms with van der Waals surface area (Å²) in [5, 5.41) is 0. The zero-order valence-corrected chi connectivity index (χ0v) is 13.5. The van der Waals surface area contributed by atoms with Gasteiger partial charge in [0.2, 0.25) is 5.91 Å². The Kier molecular flexibility index (Phi) is 6.91. The van der Waals surface area contributed by atoms with Crippen molar-refractivity contribution in [2.75, 3.05) is 40.5 Å². The zero-order valence-electron chi connectivity index (χ0n) is 13.5. The number of amides is 1. The van der Waals surface area contributed by atoms with Crippen molar-refractivity contribution in [1.82, 2.24) is 15.8 Å². The summed E-state index contributed by atoms with van der Waals surface area (Å²) in [4.78, 5) is 14.4. The average molecular weight is 325 g/mol. The van der Waals surface area contributed by atoms with E-state index in [0.717, 1.165) is 5.56 Å². The zero-order chi connectivity index (χ0) is 16.7. The highest BCUT2D eigenvalue weighted by Gasteiger charge is 2.32. The number of halogens is 1. The van der Waals surface area contributed by atoms with Gasteiger partial charge in [-0.15, -0.1) is 0 Å². The maximum absolute atomic E-state index is 13.0. The number of nitrogens with one attached hydrogen (secondary N) is 2. The number of ether oxygens (including phenoxy) is 2. The van der Waals surface area contributed by atoms with E-state index in [4.69, 9.17) is 9.47 Å². The van der Waals surface area contributed by atoms with E-state index in [-0.39, 0.29) is 23.8 Å². The Morgan fingerprint density at radius 3 is 2.35 bits per heavy atom. The van der Waals surface area contributed by atoms with E-state index in [1.54, 1.807) is 31.3 Å². The highest BCUT2D eigenvalue weighted by atomic mass is 19.1. The van der Waals surface area contributed by atoms with Crippen molar-refractivity contribution in [3.63, 3.8) is 0 Å². The van der Waals surface area contributed by atoms with Crippen LogP contribution in [-0.4, -0.2) is 57.4 Å². The molecule has 7 heteroatoms. The minimum Gasteiger partial charge on any atom is -0.383 e. The first-order valence-corrected chi connectivity index (χ1v) is 7.69. The van der Waals surface area contributed by atoms with Gasteiger partial charge in [-0.25, -0.2) is 15.2 Å². The van der Waals surface area contributed by atoms with Crippen LogP contribution < -0.4 is 10.9 Å². The third-order valence-corrected chi connectivity index (χ3v) is 3.92. The van der Waals surface area contributed by atoms with Crippen LogP contribution in [-0.2, 0) is 14.3 Å². The molecule has 1 heterocycles. The fraction of sp³-hybridized carbons (Fsp3) is 0.562. The molecule has 128 valence electrons. The van der Waals surface area contributed by atoms with Crippen LogP contribution in [0.3, 0.4) is 0 Å². The molecule has 1 amide bonds. The van der Waals surface area contributed by atoms with Gasteiger partial charge in [-0.2, -0.15) is 0 Å². The van der Waals surface area contributed by atoms with Gasteiger partial charge in [0.05, 0.1) is 13.2 Å². The SMILES string of the molecule is COCCN(CCOC)C(=O)C1CC(c2ccc(F)cc2)NN1. The van der Waals surface area contributed by atoms with Crippen molar-refractivity contribution in [1.29, 1.82) is 0 Å². The lowest BCUT2D eigenvalue weighted by Crippen LogP contribution is -2.47. The Bertz CT molecular complexity index is 490. The molecule has 1 saturated heterocycles. The molecule has 0 spiro atoms. The Morgan fingerprint density at radius 1 is 1.17 bits per heavy atom. The van der Waals surface area contributed by atoms with Crippen molar-refractivity contribution >= 4 is 5.91 Å². The monoisotopic (exact) mass is 325 g/mol. The predicted octanol–water partition coefficient (Wildman–Crippen LogP) is 0.855. The van der Waals surface area contributed by atoms with E-state index < -0.39 is 0 Å². The van der Waals surface area contributed by atoms with Crippen LogP contribution in [0.2, 0.25) is 0 Å². The third kappa shape index (κ3) is 4.97. The minimum atomic E-state index is -0.321. The van der Waals surface area contributed by atoms with Gasteiger partial charge in [0.15, 0.2) is 0 Å².